The van der Waals surface area contributed by atoms with Crippen molar-refractivity contribution in [2.75, 3.05) is 4.90 Å². The smallest absolute Gasteiger partial charge is 0.346 e. The molecule has 0 aliphatic carbocycles. The van der Waals surface area contributed by atoms with Gasteiger partial charge in [-0.3, -0.25) is 0 Å². The summed E-state index contributed by atoms with van der Waals surface area (Å²) in [5.41, 5.74) is 14.8. The third-order valence-electron chi connectivity index (χ3n) is 15.5. The molecule has 0 fully saturated rings. The first-order valence-corrected chi connectivity index (χ1v) is 28.8. The molecule has 0 amide bonds. The number of nitriles is 1. The van der Waals surface area contributed by atoms with Crippen molar-refractivity contribution in [3.63, 3.8) is 0 Å². The number of carboxylic acids is 2. The molecule has 0 radical (unpaired) electrons. The Morgan fingerprint density at radius 3 is 1.21 bits per heavy atom. The van der Waals surface area contributed by atoms with Gasteiger partial charge in [0.1, 0.15) is 11.6 Å². The average Bonchev–Trinajstić information content (AvgIpc) is 4.38. The first-order valence-electron chi connectivity index (χ1n) is 28.8. The molecular formula is C71H74N6O4. The molecule has 0 spiro atoms. The first kappa shape index (κ1) is 56.6. The van der Waals surface area contributed by atoms with Gasteiger partial charge in [-0.25, -0.2) is 9.59 Å². The fourth-order valence-electron chi connectivity index (χ4n) is 11.0. The van der Waals surface area contributed by atoms with Gasteiger partial charge in [0.15, 0.2) is 0 Å². The minimum Gasteiger partial charge on any atom is -0.478 e. The lowest BCUT2D eigenvalue weighted by Gasteiger charge is -2.29. The van der Waals surface area contributed by atoms with Crippen LogP contribution in [0.4, 0.5) is 17.1 Å². The Hall–Kier alpha value is -9.07. The van der Waals surface area contributed by atoms with Gasteiger partial charge >= 0.3 is 11.9 Å². The topological polar surface area (TPSA) is 121 Å². The van der Waals surface area contributed by atoms with Gasteiger partial charge in [-0.1, -0.05) is 126 Å². The highest BCUT2D eigenvalue weighted by atomic mass is 16.4. The van der Waals surface area contributed by atoms with Crippen LogP contribution in [0.25, 0.3) is 80.5 Å². The van der Waals surface area contributed by atoms with Crippen molar-refractivity contribution in [1.29, 1.82) is 5.26 Å². The largest absolute Gasteiger partial charge is 0.478 e. The molecule has 5 aromatic carbocycles. The quantitative estimate of drug-likeness (QED) is 0.0334. The third-order valence-corrected chi connectivity index (χ3v) is 15.5. The van der Waals surface area contributed by atoms with Gasteiger partial charge in [0.25, 0.3) is 0 Å². The lowest BCUT2D eigenvalue weighted by Crippen LogP contribution is -2.12. The van der Waals surface area contributed by atoms with Crippen molar-refractivity contribution in [3.8, 4) is 28.6 Å². The highest BCUT2D eigenvalue weighted by molar-refractivity contribution is 6.16. The fraction of sp³-hybridized carbons (Fsp3) is 0.254. The number of hydrogen-bond donors (Lipinski definition) is 2. The maximum Gasteiger partial charge on any atom is 0.346 e. The average molecular weight is 1080 g/mol. The molecule has 9 rings (SSSR count). The summed E-state index contributed by atoms with van der Waals surface area (Å²) < 4.78 is 9.14. The van der Waals surface area contributed by atoms with E-state index in [1.807, 2.05) is 24.3 Å². The SMILES string of the molecule is CCCCn1c(C=Cc2ccc(-c3ccc(N(c4ccc(-c5ccc(C=Cc6ccc(C=C(C#N)C(=O)O)n6CCCC)n5CCCC)cc4)c4c5ccccc5c(C)c5ccccc45)cc3)n2CCCC)ccc1C=C(C)C(=O)O. The van der Waals surface area contributed by atoms with Gasteiger partial charge in [-0.05, 0) is 176 Å². The van der Waals surface area contributed by atoms with E-state index < -0.39 is 11.9 Å². The molecule has 4 heterocycles. The van der Waals surface area contributed by atoms with E-state index in [0.29, 0.717) is 17.8 Å². The van der Waals surface area contributed by atoms with Crippen LogP contribution in [-0.4, -0.2) is 40.4 Å². The van der Waals surface area contributed by atoms with Crippen LogP contribution in [0.2, 0.25) is 0 Å². The molecule has 2 N–H and O–H groups in total. The number of aliphatic carboxylic acids is 2. The third kappa shape index (κ3) is 12.4. The highest BCUT2D eigenvalue weighted by Gasteiger charge is 2.22. The second-order valence-corrected chi connectivity index (χ2v) is 20.9. The van der Waals surface area contributed by atoms with Crippen molar-refractivity contribution in [1.82, 2.24) is 18.3 Å². The number of aryl methyl sites for hydroxylation is 1. The second kappa shape index (κ2) is 26.3. The van der Waals surface area contributed by atoms with Crippen molar-refractivity contribution in [3.05, 3.63) is 196 Å². The second-order valence-electron chi connectivity index (χ2n) is 20.9. The van der Waals surface area contributed by atoms with Gasteiger partial charge in [0.2, 0.25) is 0 Å². The molecule has 0 saturated carbocycles. The van der Waals surface area contributed by atoms with E-state index in [0.717, 1.165) is 139 Å². The van der Waals surface area contributed by atoms with Crippen LogP contribution >= 0.6 is 0 Å². The Bertz CT molecular complexity index is 3810. The molecule has 81 heavy (non-hydrogen) atoms. The van der Waals surface area contributed by atoms with Crippen LogP contribution in [-0.2, 0) is 35.8 Å². The molecule has 412 valence electrons. The summed E-state index contributed by atoms with van der Waals surface area (Å²) in [6.45, 7) is 15.8. The summed E-state index contributed by atoms with van der Waals surface area (Å²) in [4.78, 5) is 25.9. The van der Waals surface area contributed by atoms with Crippen molar-refractivity contribution in [2.24, 2.45) is 0 Å². The van der Waals surface area contributed by atoms with Crippen LogP contribution in [0.3, 0.4) is 0 Å². The monoisotopic (exact) mass is 1070 g/mol. The Morgan fingerprint density at radius 1 is 0.469 bits per heavy atom. The molecule has 9 aromatic rings. The summed E-state index contributed by atoms with van der Waals surface area (Å²) >= 11 is 0. The van der Waals surface area contributed by atoms with E-state index in [1.54, 1.807) is 13.0 Å². The predicted molar refractivity (Wildman–Crippen MR) is 337 cm³/mol. The van der Waals surface area contributed by atoms with E-state index in [2.05, 4.69) is 209 Å². The predicted octanol–water partition coefficient (Wildman–Crippen LogP) is 18.3. The fourth-order valence-corrected chi connectivity index (χ4v) is 11.0. The van der Waals surface area contributed by atoms with E-state index in [9.17, 15) is 25.1 Å². The number of nitrogens with zero attached hydrogens (tertiary/aromatic N) is 6. The van der Waals surface area contributed by atoms with Gasteiger partial charge < -0.3 is 33.4 Å². The molecule has 0 aliphatic heterocycles. The van der Waals surface area contributed by atoms with Crippen LogP contribution in [0, 0.1) is 18.3 Å². The van der Waals surface area contributed by atoms with E-state index in [1.165, 1.54) is 33.2 Å². The number of anilines is 3. The number of carboxylic acid groups (broad SMARTS) is 2. The van der Waals surface area contributed by atoms with Gasteiger partial charge in [0.05, 0.1) is 5.69 Å². The Morgan fingerprint density at radius 2 is 0.827 bits per heavy atom. The minimum absolute atomic E-state index is 0.289. The Kier molecular flexibility index (Phi) is 18.4. The zero-order valence-electron chi connectivity index (χ0n) is 47.7. The minimum atomic E-state index is -1.23. The maximum atomic E-state index is 11.8. The van der Waals surface area contributed by atoms with E-state index in [-0.39, 0.29) is 5.57 Å². The first-order chi connectivity index (χ1) is 39.5. The van der Waals surface area contributed by atoms with Crippen LogP contribution in [0.15, 0.2) is 157 Å². The van der Waals surface area contributed by atoms with Crippen LogP contribution in [0.1, 0.15) is 126 Å². The summed E-state index contributed by atoms with van der Waals surface area (Å²) in [7, 11) is 0. The number of benzene rings is 5. The molecular weight excluding hydrogens is 1000 g/mol. The summed E-state index contributed by atoms with van der Waals surface area (Å²) in [6.07, 6.45) is 19.9. The number of fused-ring (bicyclic) bond motifs is 2. The Labute approximate surface area is 477 Å². The molecule has 0 unspecified atom stereocenters. The van der Waals surface area contributed by atoms with Gasteiger partial charge in [-0.15, -0.1) is 0 Å². The number of rotatable bonds is 25. The van der Waals surface area contributed by atoms with E-state index >= 15 is 0 Å². The van der Waals surface area contributed by atoms with Crippen molar-refractivity contribution < 1.29 is 19.8 Å². The standard InChI is InChI=1S/C71H74N6O4/c1-7-11-43-73-55(35-37-61(73)47-50(5)70(78)79)31-33-57-39-41-67(75(57)45-13-9-3)52-23-27-59(28-24-52)77(69-65-21-17-15-19-63(65)51(6)64-20-16-18-22-66(64)69)60-29-25-53(26-30-60)68-42-40-58(76(68)46-14-10-4)34-32-56-36-38-62(74(56)44-12-8-2)48-54(49-72)71(80)81/h15-42,47-48H,7-14,43-46H2,1-6H3,(H,78,79)(H,80,81). The summed E-state index contributed by atoms with van der Waals surface area (Å²) in [6, 6.07) is 54.2. The molecule has 0 bridgehead atoms. The molecule has 0 saturated heterocycles. The highest BCUT2D eigenvalue weighted by Crippen LogP contribution is 2.46. The Balaban J connectivity index is 1.10. The van der Waals surface area contributed by atoms with E-state index in [4.69, 9.17) is 0 Å². The number of hydrogen-bond acceptors (Lipinski definition) is 4. The van der Waals surface area contributed by atoms with Crippen molar-refractivity contribution in [2.45, 2.75) is 119 Å². The lowest BCUT2D eigenvalue weighted by molar-refractivity contribution is -0.133. The molecule has 0 atom stereocenters. The van der Waals surface area contributed by atoms with Gasteiger partial charge in [0, 0.05) is 99.5 Å². The zero-order valence-corrected chi connectivity index (χ0v) is 47.7. The molecule has 4 aromatic heterocycles. The lowest BCUT2D eigenvalue weighted by atomic mass is 9.94. The number of aromatic nitrogens is 4. The zero-order chi connectivity index (χ0) is 57.0. The molecule has 0 aliphatic rings. The molecule has 10 nitrogen and oxygen atoms in total. The maximum absolute atomic E-state index is 11.8. The normalized spacial score (nSPS) is 12.2. The number of unbranched alkanes of at least 4 members (excludes halogenated alkanes) is 4. The molecule has 10 heteroatoms. The number of carbonyl (C=O) groups is 2. The van der Waals surface area contributed by atoms with Crippen molar-refractivity contribution >= 4 is 87.0 Å². The summed E-state index contributed by atoms with van der Waals surface area (Å²) in [5.74, 6) is -2.15. The summed E-state index contributed by atoms with van der Waals surface area (Å²) in [5, 5.41) is 33.6. The van der Waals surface area contributed by atoms with Crippen LogP contribution < -0.4 is 4.90 Å². The van der Waals surface area contributed by atoms with Gasteiger partial charge in [-0.2, -0.15) is 5.26 Å². The van der Waals surface area contributed by atoms with Crippen LogP contribution in [0.5, 0.6) is 0 Å².